The van der Waals surface area contributed by atoms with E-state index >= 15 is 0 Å². The lowest BCUT2D eigenvalue weighted by molar-refractivity contribution is 0.454. The van der Waals surface area contributed by atoms with Crippen LogP contribution in [0.4, 0.5) is 5.82 Å². The second-order valence-electron chi connectivity index (χ2n) is 4.60. The van der Waals surface area contributed by atoms with Gasteiger partial charge in [-0.05, 0) is 25.0 Å². The highest BCUT2D eigenvalue weighted by atomic mass is 16.5. The molecule has 2 rings (SSSR count). The molecule has 0 radical (unpaired) electrons. The summed E-state index contributed by atoms with van der Waals surface area (Å²) in [4.78, 5) is 8.62. The number of anilines is 1. The summed E-state index contributed by atoms with van der Waals surface area (Å²) in [7, 11) is 0. The quantitative estimate of drug-likeness (QED) is 0.825. The highest BCUT2D eigenvalue weighted by Crippen LogP contribution is 2.27. The average Bonchev–Trinajstić information content (AvgIpc) is 2.49. The molecule has 0 spiro atoms. The molecule has 0 aliphatic rings. The Morgan fingerprint density at radius 3 is 2.55 bits per heavy atom. The first kappa shape index (κ1) is 14.3. The maximum Gasteiger partial charge on any atom is 0.227 e. The van der Waals surface area contributed by atoms with Crippen molar-refractivity contribution in [1.29, 1.82) is 0 Å². The van der Waals surface area contributed by atoms with Crippen LogP contribution < -0.4 is 10.1 Å². The molecule has 1 N–H and O–H groups in total. The van der Waals surface area contributed by atoms with E-state index in [9.17, 15) is 0 Å². The predicted octanol–water partition coefficient (Wildman–Crippen LogP) is 4.04. The second kappa shape index (κ2) is 7.48. The maximum absolute atomic E-state index is 5.89. The molecule has 4 heteroatoms. The van der Waals surface area contributed by atoms with E-state index in [1.807, 2.05) is 30.3 Å². The van der Waals surface area contributed by atoms with Crippen molar-refractivity contribution >= 4 is 5.82 Å². The van der Waals surface area contributed by atoms with Gasteiger partial charge in [0.25, 0.3) is 0 Å². The molecule has 0 aliphatic carbocycles. The summed E-state index contributed by atoms with van der Waals surface area (Å²) in [5, 5.41) is 3.34. The first-order chi connectivity index (χ1) is 9.85. The topological polar surface area (TPSA) is 47.0 Å². The Labute approximate surface area is 120 Å². The largest absolute Gasteiger partial charge is 0.439 e. The third kappa shape index (κ3) is 3.70. The molecule has 0 aliphatic heterocycles. The van der Waals surface area contributed by atoms with E-state index in [-0.39, 0.29) is 0 Å². The summed E-state index contributed by atoms with van der Waals surface area (Å²) < 4.78 is 5.89. The third-order valence-corrected chi connectivity index (χ3v) is 2.91. The van der Waals surface area contributed by atoms with Gasteiger partial charge >= 0.3 is 0 Å². The number of ether oxygens (including phenoxy) is 1. The third-order valence-electron chi connectivity index (χ3n) is 2.91. The van der Waals surface area contributed by atoms with Crippen LogP contribution in [-0.2, 0) is 6.42 Å². The van der Waals surface area contributed by atoms with Gasteiger partial charge < -0.3 is 10.1 Å². The van der Waals surface area contributed by atoms with Gasteiger partial charge in [0, 0.05) is 6.54 Å². The van der Waals surface area contributed by atoms with E-state index in [0.29, 0.717) is 5.88 Å². The zero-order valence-corrected chi connectivity index (χ0v) is 12.1. The highest BCUT2D eigenvalue weighted by molar-refractivity contribution is 5.49. The molecule has 0 saturated carbocycles. The molecule has 4 nitrogen and oxygen atoms in total. The van der Waals surface area contributed by atoms with Crippen molar-refractivity contribution in [1.82, 2.24) is 9.97 Å². The van der Waals surface area contributed by atoms with Gasteiger partial charge in [0.05, 0.1) is 5.56 Å². The lowest BCUT2D eigenvalue weighted by Crippen LogP contribution is -2.07. The first-order valence-corrected chi connectivity index (χ1v) is 7.15. The van der Waals surface area contributed by atoms with E-state index < -0.39 is 0 Å². The lowest BCUT2D eigenvalue weighted by atomic mass is 10.1. The molecule has 0 unspecified atom stereocenters. The summed E-state index contributed by atoms with van der Waals surface area (Å²) in [5.74, 6) is 2.33. The monoisotopic (exact) mass is 271 g/mol. The number of para-hydroxylation sites is 1. The van der Waals surface area contributed by atoms with E-state index in [0.717, 1.165) is 42.9 Å². The zero-order chi connectivity index (χ0) is 14.2. The standard InChI is InChI=1S/C16H21N3O/c1-3-8-14-15(17-11-4-2)18-12-19-16(14)20-13-9-6-5-7-10-13/h5-7,9-10,12H,3-4,8,11H2,1-2H3,(H,17,18,19). The first-order valence-electron chi connectivity index (χ1n) is 7.15. The van der Waals surface area contributed by atoms with Crippen LogP contribution in [-0.4, -0.2) is 16.5 Å². The summed E-state index contributed by atoms with van der Waals surface area (Å²) in [5.41, 5.74) is 1.05. The summed E-state index contributed by atoms with van der Waals surface area (Å²) >= 11 is 0. The Hall–Kier alpha value is -2.10. The molecule has 1 heterocycles. The van der Waals surface area contributed by atoms with Crippen LogP contribution in [0.3, 0.4) is 0 Å². The Bertz CT molecular complexity index is 529. The van der Waals surface area contributed by atoms with Gasteiger partial charge in [0.1, 0.15) is 17.9 Å². The van der Waals surface area contributed by atoms with Crippen molar-refractivity contribution in [2.24, 2.45) is 0 Å². The van der Waals surface area contributed by atoms with E-state index in [1.165, 1.54) is 0 Å². The van der Waals surface area contributed by atoms with Crippen molar-refractivity contribution in [3.63, 3.8) is 0 Å². The molecular formula is C16H21N3O. The van der Waals surface area contributed by atoms with Crippen LogP contribution in [0.5, 0.6) is 11.6 Å². The summed E-state index contributed by atoms with van der Waals surface area (Å²) in [6.07, 6.45) is 4.54. The smallest absolute Gasteiger partial charge is 0.227 e. The van der Waals surface area contributed by atoms with Crippen molar-refractivity contribution in [2.45, 2.75) is 33.1 Å². The molecule has 0 atom stereocenters. The number of benzene rings is 1. The molecule has 0 amide bonds. The van der Waals surface area contributed by atoms with Crippen LogP contribution >= 0.6 is 0 Å². The number of hydrogen-bond donors (Lipinski definition) is 1. The van der Waals surface area contributed by atoms with Crippen molar-refractivity contribution in [2.75, 3.05) is 11.9 Å². The molecule has 0 saturated heterocycles. The van der Waals surface area contributed by atoms with Crippen molar-refractivity contribution < 1.29 is 4.74 Å². The minimum Gasteiger partial charge on any atom is -0.439 e. The summed E-state index contributed by atoms with van der Waals surface area (Å²) in [6, 6.07) is 9.72. The Morgan fingerprint density at radius 2 is 1.85 bits per heavy atom. The molecule has 1 aromatic heterocycles. The Morgan fingerprint density at radius 1 is 1.05 bits per heavy atom. The van der Waals surface area contributed by atoms with Gasteiger partial charge in [-0.1, -0.05) is 38.5 Å². The molecule has 0 fully saturated rings. The molecule has 106 valence electrons. The van der Waals surface area contributed by atoms with Gasteiger partial charge in [0.15, 0.2) is 0 Å². The normalized spacial score (nSPS) is 10.3. The van der Waals surface area contributed by atoms with Crippen LogP contribution in [0.1, 0.15) is 32.3 Å². The Balaban J connectivity index is 2.26. The van der Waals surface area contributed by atoms with E-state index in [1.54, 1.807) is 6.33 Å². The van der Waals surface area contributed by atoms with Gasteiger partial charge in [-0.3, -0.25) is 0 Å². The zero-order valence-electron chi connectivity index (χ0n) is 12.1. The molecule has 20 heavy (non-hydrogen) atoms. The molecule has 0 bridgehead atoms. The minimum absolute atomic E-state index is 0.645. The summed E-state index contributed by atoms with van der Waals surface area (Å²) in [6.45, 7) is 5.18. The number of nitrogens with one attached hydrogen (secondary N) is 1. The van der Waals surface area contributed by atoms with Crippen LogP contribution in [0, 0.1) is 0 Å². The molecule has 1 aromatic carbocycles. The second-order valence-corrected chi connectivity index (χ2v) is 4.60. The maximum atomic E-state index is 5.89. The van der Waals surface area contributed by atoms with Crippen molar-refractivity contribution in [3.8, 4) is 11.6 Å². The van der Waals surface area contributed by atoms with Crippen LogP contribution in [0.25, 0.3) is 0 Å². The van der Waals surface area contributed by atoms with Gasteiger partial charge in [-0.25, -0.2) is 9.97 Å². The SMILES string of the molecule is CCCNc1ncnc(Oc2ccccc2)c1CCC. The predicted molar refractivity (Wildman–Crippen MR) is 81.3 cm³/mol. The molecule has 2 aromatic rings. The molecular weight excluding hydrogens is 250 g/mol. The van der Waals surface area contributed by atoms with Crippen molar-refractivity contribution in [3.05, 3.63) is 42.2 Å². The van der Waals surface area contributed by atoms with E-state index in [2.05, 4.69) is 29.1 Å². The fourth-order valence-electron chi connectivity index (χ4n) is 1.96. The van der Waals surface area contributed by atoms with Gasteiger partial charge in [0.2, 0.25) is 5.88 Å². The number of rotatable bonds is 7. The number of aromatic nitrogens is 2. The lowest BCUT2D eigenvalue weighted by Gasteiger charge is -2.13. The highest BCUT2D eigenvalue weighted by Gasteiger charge is 2.12. The number of hydrogen-bond acceptors (Lipinski definition) is 4. The Kier molecular flexibility index (Phi) is 5.35. The van der Waals surface area contributed by atoms with Crippen LogP contribution in [0.15, 0.2) is 36.7 Å². The fraction of sp³-hybridized carbons (Fsp3) is 0.375. The number of nitrogens with zero attached hydrogens (tertiary/aromatic N) is 2. The fourth-order valence-corrected chi connectivity index (χ4v) is 1.96. The average molecular weight is 271 g/mol. The van der Waals surface area contributed by atoms with Crippen LogP contribution in [0.2, 0.25) is 0 Å². The van der Waals surface area contributed by atoms with E-state index in [4.69, 9.17) is 4.74 Å². The van der Waals surface area contributed by atoms with Gasteiger partial charge in [-0.2, -0.15) is 0 Å². The van der Waals surface area contributed by atoms with Gasteiger partial charge in [-0.15, -0.1) is 0 Å². The minimum atomic E-state index is 0.645.